The Balaban J connectivity index is -0.000000397. The molecule has 1 nitrogen and oxygen atoms in total. The zero-order chi connectivity index (χ0) is 35.1. The van der Waals surface area contributed by atoms with Crippen molar-refractivity contribution in [2.45, 2.75) is 170 Å². The first-order valence-electron chi connectivity index (χ1n) is 18.2. The topological polar surface area (TPSA) is 12.0 Å². The first kappa shape index (κ1) is 52.0. The first-order valence-corrected chi connectivity index (χ1v) is 18.2. The molecule has 0 atom stereocenters. The van der Waals surface area contributed by atoms with E-state index in [2.05, 4.69) is 117 Å². The Morgan fingerprint density at radius 2 is 1.24 bits per heavy atom. The van der Waals surface area contributed by atoms with Crippen molar-refractivity contribution in [2.24, 2.45) is 0 Å². The van der Waals surface area contributed by atoms with E-state index >= 15 is 0 Å². The van der Waals surface area contributed by atoms with Crippen LogP contribution in [-0.2, 0) is 0 Å². The molecule has 0 aliphatic rings. The highest BCUT2D eigenvalue weighted by Gasteiger charge is 2.16. The number of hydrogen-bond acceptors (Lipinski definition) is 1. The van der Waals surface area contributed by atoms with Gasteiger partial charge in [-0.1, -0.05) is 176 Å². The van der Waals surface area contributed by atoms with E-state index in [9.17, 15) is 0 Å². The summed E-state index contributed by atoms with van der Waals surface area (Å²) in [6.45, 7) is 41.5. The molecule has 0 saturated heterocycles. The van der Waals surface area contributed by atoms with Crippen molar-refractivity contribution < 1.29 is 0 Å². The Morgan fingerprint density at radius 3 is 1.71 bits per heavy atom. The molecule has 0 spiro atoms. The highest BCUT2D eigenvalue weighted by molar-refractivity contribution is 5.98. The van der Waals surface area contributed by atoms with Crippen LogP contribution >= 0.6 is 0 Å². The third-order valence-electron chi connectivity index (χ3n) is 6.53. The fourth-order valence-corrected chi connectivity index (χ4v) is 4.48. The lowest BCUT2D eigenvalue weighted by Crippen LogP contribution is -2.16. The molecule has 0 saturated carbocycles. The van der Waals surface area contributed by atoms with Gasteiger partial charge in [0.2, 0.25) is 0 Å². The fourth-order valence-electron chi connectivity index (χ4n) is 4.48. The maximum atomic E-state index is 4.64. The summed E-state index contributed by atoms with van der Waals surface area (Å²) in [5.41, 5.74) is 12.9. The van der Waals surface area contributed by atoms with Crippen LogP contribution in [0.2, 0.25) is 0 Å². The van der Waals surface area contributed by atoms with Crippen LogP contribution in [0.25, 0.3) is 11.1 Å². The van der Waals surface area contributed by atoms with E-state index in [0.29, 0.717) is 0 Å². The largest absolute Gasteiger partial charge is 0.388 e. The molecular weight excluding hydrogens is 542 g/mol. The highest BCUT2D eigenvalue weighted by atomic mass is 14.9. The lowest BCUT2D eigenvalue weighted by atomic mass is 9.84. The first-order chi connectivity index (χ1) is 21.2. The van der Waals surface area contributed by atoms with Gasteiger partial charge in [0.25, 0.3) is 0 Å². The van der Waals surface area contributed by atoms with Crippen LogP contribution in [-0.4, -0.2) is 6.54 Å². The van der Waals surface area contributed by atoms with Gasteiger partial charge in [-0.05, 0) is 86.4 Å². The molecule has 262 valence electrons. The number of rotatable bonds is 12. The van der Waals surface area contributed by atoms with Gasteiger partial charge in [-0.3, -0.25) is 0 Å². The third kappa shape index (κ3) is 22.6. The maximum Gasteiger partial charge on any atom is 0.0143 e. The van der Waals surface area contributed by atoms with Crippen molar-refractivity contribution in [1.82, 2.24) is 5.32 Å². The van der Waals surface area contributed by atoms with Gasteiger partial charge in [-0.15, -0.1) is 0 Å². The zero-order valence-electron chi connectivity index (χ0n) is 32.9. The Morgan fingerprint density at radius 1 is 0.733 bits per heavy atom. The number of benzene rings is 2. The number of unbranched alkanes of at least 4 members (excludes halogenated alkanes) is 3. The molecule has 2 rings (SSSR count). The second-order valence-electron chi connectivity index (χ2n) is 10.2. The van der Waals surface area contributed by atoms with E-state index < -0.39 is 0 Å². The van der Waals surface area contributed by atoms with Gasteiger partial charge in [0.05, 0.1) is 0 Å². The van der Waals surface area contributed by atoms with Gasteiger partial charge < -0.3 is 5.32 Å². The molecule has 0 fully saturated rings. The summed E-state index contributed by atoms with van der Waals surface area (Å²) in [4.78, 5) is 0. The monoisotopic (exact) mass is 624 g/mol. The molecule has 0 bridgehead atoms. The van der Waals surface area contributed by atoms with Gasteiger partial charge in [0.15, 0.2) is 0 Å². The Labute approximate surface area is 286 Å². The second-order valence-corrected chi connectivity index (χ2v) is 10.2. The third-order valence-corrected chi connectivity index (χ3v) is 6.53. The summed E-state index contributed by atoms with van der Waals surface area (Å²) in [5, 5.41) is 3.72. The van der Waals surface area contributed by atoms with Crippen molar-refractivity contribution in [3.05, 3.63) is 93.7 Å². The quantitative estimate of drug-likeness (QED) is 0.141. The molecule has 2 aromatic rings. The molecular formula is C44H81N. The lowest BCUT2D eigenvalue weighted by molar-refractivity contribution is 0.629. The van der Waals surface area contributed by atoms with Gasteiger partial charge in [-0.25, -0.2) is 0 Å². The summed E-state index contributed by atoms with van der Waals surface area (Å²) < 4.78 is 0. The van der Waals surface area contributed by atoms with Crippen molar-refractivity contribution in [1.29, 1.82) is 0 Å². The maximum absolute atomic E-state index is 4.64. The van der Waals surface area contributed by atoms with E-state index in [1.54, 1.807) is 0 Å². The van der Waals surface area contributed by atoms with E-state index in [-0.39, 0.29) is 7.43 Å². The van der Waals surface area contributed by atoms with E-state index in [4.69, 9.17) is 0 Å². The van der Waals surface area contributed by atoms with Crippen LogP contribution < -0.4 is 5.32 Å². The summed E-state index contributed by atoms with van der Waals surface area (Å²) in [6, 6.07) is 13.5. The normalized spacial score (nSPS) is 10.1. The van der Waals surface area contributed by atoms with Crippen LogP contribution in [0.4, 0.5) is 0 Å². The van der Waals surface area contributed by atoms with Crippen LogP contribution in [0.1, 0.15) is 176 Å². The van der Waals surface area contributed by atoms with E-state index in [0.717, 1.165) is 19.4 Å². The molecule has 0 heterocycles. The van der Waals surface area contributed by atoms with Crippen LogP contribution in [0.15, 0.2) is 60.3 Å². The molecule has 0 aliphatic carbocycles. The highest BCUT2D eigenvalue weighted by Crippen LogP contribution is 2.37. The summed E-state index contributed by atoms with van der Waals surface area (Å²) in [7, 11) is 0. The lowest BCUT2D eigenvalue weighted by Gasteiger charge is -2.21. The average Bonchev–Trinajstić information content (AvgIpc) is 3.04. The Hall–Kier alpha value is -2.54. The molecule has 0 aliphatic heterocycles. The molecule has 0 amide bonds. The van der Waals surface area contributed by atoms with Gasteiger partial charge in [-0.2, -0.15) is 0 Å². The van der Waals surface area contributed by atoms with Crippen LogP contribution in [0.3, 0.4) is 0 Å². The molecule has 1 N–H and O–H groups in total. The number of aryl methyl sites for hydroxylation is 3. The second kappa shape index (κ2) is 35.9. The predicted octanol–water partition coefficient (Wildman–Crippen LogP) is 15.4. The van der Waals surface area contributed by atoms with E-state index in [1.807, 2.05) is 55.4 Å². The fraction of sp³-hybridized carbons (Fsp3) is 0.591. The van der Waals surface area contributed by atoms with Crippen molar-refractivity contribution in [3.63, 3.8) is 0 Å². The minimum Gasteiger partial charge on any atom is -0.388 e. The minimum atomic E-state index is 0. The average molecular weight is 624 g/mol. The van der Waals surface area contributed by atoms with Crippen LogP contribution in [0, 0.1) is 27.7 Å². The van der Waals surface area contributed by atoms with Crippen molar-refractivity contribution in [2.75, 3.05) is 6.54 Å². The molecule has 45 heavy (non-hydrogen) atoms. The molecule has 0 radical (unpaired) electrons. The smallest absolute Gasteiger partial charge is 0.0143 e. The minimum absolute atomic E-state index is 0. The molecule has 0 aromatic heterocycles. The van der Waals surface area contributed by atoms with Gasteiger partial charge in [0, 0.05) is 18.7 Å². The van der Waals surface area contributed by atoms with E-state index in [1.165, 1.54) is 87.9 Å². The van der Waals surface area contributed by atoms with Crippen molar-refractivity contribution in [3.8, 4) is 0 Å². The zero-order valence-corrected chi connectivity index (χ0v) is 32.9. The molecule has 1 heteroatoms. The van der Waals surface area contributed by atoms with Crippen LogP contribution in [0.5, 0.6) is 0 Å². The predicted molar refractivity (Wildman–Crippen MR) is 217 cm³/mol. The standard InChI is InChI=1S/C32H45N.C3H8.4C2H6.CH4/c1-9-11-12-13-19-33-30(14-10-2)22-26(6)32(28(8)29-17-15-23(3)16-18-29)31-21-24(4)20-25(5)27(31)7;1-3-2;4*1-2;/h14-18,20-21,33H,6,9-13,19,22H2,1-5,7-8H3;3H2,1-2H3;4*1-2H3;1H4/b30-14+,32-28+;;;;;;. The molecule has 0 unspecified atom stereocenters. The number of allylic oxidation sites excluding steroid dienone is 4. The number of hydrogen-bond donors (Lipinski definition) is 1. The van der Waals surface area contributed by atoms with Gasteiger partial charge >= 0.3 is 0 Å². The Kier molecular flexibility index (Phi) is 41.5. The summed E-state index contributed by atoms with van der Waals surface area (Å²) >= 11 is 0. The van der Waals surface area contributed by atoms with Gasteiger partial charge in [0.1, 0.15) is 0 Å². The SMILES string of the molecule is C.C=C(C/C(=C\CC)NCCCCCC)/C(=C(/C)c1ccc(C)cc1)c1cc(C)cc(C)c1C.CC.CC.CC.CC.CCC. The summed E-state index contributed by atoms with van der Waals surface area (Å²) in [6.07, 6.45) is 10.6. The summed E-state index contributed by atoms with van der Waals surface area (Å²) in [5.74, 6) is 0. The Bertz CT molecular complexity index is 1000. The number of nitrogens with one attached hydrogen (secondary N) is 1. The van der Waals surface area contributed by atoms with Crippen molar-refractivity contribution >= 4 is 11.1 Å². The molecule has 2 aromatic carbocycles.